The van der Waals surface area contributed by atoms with Gasteiger partial charge < -0.3 is 10.1 Å². The molecule has 0 amide bonds. The number of rotatable bonds is 3. The molecule has 0 fully saturated rings. The van der Waals surface area contributed by atoms with E-state index in [9.17, 15) is 4.79 Å². The molecule has 3 heterocycles. The predicted octanol–water partition coefficient (Wildman–Crippen LogP) is 2.93. The second-order valence-corrected chi connectivity index (χ2v) is 6.26. The first-order valence-corrected chi connectivity index (χ1v) is 8.40. The van der Waals surface area contributed by atoms with E-state index in [2.05, 4.69) is 25.6 Å². The number of aromatic nitrogens is 5. The molecular formula is C19H14N6O2. The van der Waals surface area contributed by atoms with Crippen molar-refractivity contribution in [2.45, 2.75) is 13.5 Å². The maximum atomic E-state index is 11.6. The number of hydrogen-bond donors (Lipinski definition) is 1. The van der Waals surface area contributed by atoms with Gasteiger partial charge in [0.2, 0.25) is 5.95 Å². The molecule has 4 aromatic rings. The maximum absolute atomic E-state index is 11.6. The topological polar surface area (TPSA) is 94.8 Å². The van der Waals surface area contributed by atoms with Crippen molar-refractivity contribution in [1.82, 2.24) is 25.0 Å². The lowest BCUT2D eigenvalue weighted by Crippen LogP contribution is -2.03. The van der Waals surface area contributed by atoms with Gasteiger partial charge in [0.1, 0.15) is 6.61 Å². The summed E-state index contributed by atoms with van der Waals surface area (Å²) in [4.78, 5) is 20.4. The van der Waals surface area contributed by atoms with Gasteiger partial charge in [0, 0.05) is 11.3 Å². The number of nitrogens with zero attached hydrogens (tertiary/aromatic N) is 5. The molecule has 1 aliphatic rings. The van der Waals surface area contributed by atoms with E-state index in [-0.39, 0.29) is 12.6 Å². The molecule has 2 aromatic carbocycles. The van der Waals surface area contributed by atoms with Gasteiger partial charge in [-0.15, -0.1) is 5.10 Å². The van der Waals surface area contributed by atoms with Gasteiger partial charge in [-0.25, -0.2) is 9.78 Å². The molecule has 27 heavy (non-hydrogen) atoms. The smallest absolute Gasteiger partial charge is 0.338 e. The third-order valence-corrected chi connectivity index (χ3v) is 4.48. The summed E-state index contributed by atoms with van der Waals surface area (Å²) >= 11 is 0. The Kier molecular flexibility index (Phi) is 3.36. The highest BCUT2D eigenvalue weighted by Gasteiger charge is 2.21. The molecule has 132 valence electrons. The maximum Gasteiger partial charge on any atom is 0.338 e. The van der Waals surface area contributed by atoms with Crippen LogP contribution in [0.1, 0.15) is 21.5 Å². The number of esters is 1. The van der Waals surface area contributed by atoms with Crippen LogP contribution in [0.4, 0.5) is 11.6 Å². The van der Waals surface area contributed by atoms with E-state index >= 15 is 0 Å². The normalized spacial score (nSPS) is 12.9. The number of anilines is 2. The summed E-state index contributed by atoms with van der Waals surface area (Å²) in [6, 6.07) is 13.3. The Balaban J connectivity index is 1.53. The lowest BCUT2D eigenvalue weighted by Gasteiger charge is -2.07. The van der Waals surface area contributed by atoms with Gasteiger partial charge >= 0.3 is 5.97 Å². The average molecular weight is 358 g/mol. The van der Waals surface area contributed by atoms with Gasteiger partial charge in [-0.3, -0.25) is 0 Å². The van der Waals surface area contributed by atoms with Crippen molar-refractivity contribution in [2.75, 3.05) is 5.32 Å². The molecule has 1 aliphatic heterocycles. The van der Waals surface area contributed by atoms with Crippen LogP contribution < -0.4 is 5.32 Å². The zero-order valence-corrected chi connectivity index (χ0v) is 14.4. The van der Waals surface area contributed by atoms with Crippen LogP contribution in [0.2, 0.25) is 0 Å². The SMILES string of the molecule is Cc1ccccc1-n1nnc2cnc(Nc3ccc4c(c3)COC4=O)nc21. The molecule has 0 spiro atoms. The number of benzene rings is 2. The number of ether oxygens (including phenoxy) is 1. The number of para-hydroxylation sites is 1. The van der Waals surface area contributed by atoms with Crippen molar-refractivity contribution >= 4 is 28.8 Å². The Morgan fingerprint density at radius 3 is 2.96 bits per heavy atom. The van der Waals surface area contributed by atoms with Crippen molar-refractivity contribution in [3.8, 4) is 5.69 Å². The summed E-state index contributed by atoms with van der Waals surface area (Å²) in [6.07, 6.45) is 1.63. The zero-order chi connectivity index (χ0) is 18.4. The molecule has 0 radical (unpaired) electrons. The summed E-state index contributed by atoms with van der Waals surface area (Å²) in [6.45, 7) is 2.30. The fraction of sp³-hybridized carbons (Fsp3) is 0.105. The molecule has 0 aliphatic carbocycles. The van der Waals surface area contributed by atoms with Crippen molar-refractivity contribution in [1.29, 1.82) is 0 Å². The molecule has 0 atom stereocenters. The second kappa shape index (κ2) is 5.87. The number of hydrogen-bond acceptors (Lipinski definition) is 7. The van der Waals surface area contributed by atoms with E-state index < -0.39 is 0 Å². The summed E-state index contributed by atoms with van der Waals surface area (Å²) in [5.74, 6) is 0.132. The predicted molar refractivity (Wildman–Crippen MR) is 98.0 cm³/mol. The Morgan fingerprint density at radius 2 is 2.07 bits per heavy atom. The minimum atomic E-state index is -0.289. The van der Waals surface area contributed by atoms with E-state index in [0.717, 1.165) is 22.5 Å². The number of aryl methyl sites for hydroxylation is 1. The minimum absolute atomic E-state index is 0.285. The number of nitrogens with one attached hydrogen (secondary N) is 1. The molecule has 2 aromatic heterocycles. The van der Waals surface area contributed by atoms with Crippen LogP contribution >= 0.6 is 0 Å². The third-order valence-electron chi connectivity index (χ3n) is 4.48. The zero-order valence-electron chi connectivity index (χ0n) is 14.4. The van der Waals surface area contributed by atoms with E-state index in [4.69, 9.17) is 4.74 Å². The molecule has 0 unspecified atom stereocenters. The Labute approximate surface area is 153 Å². The van der Waals surface area contributed by atoms with Crippen LogP contribution in [0.3, 0.4) is 0 Å². The van der Waals surface area contributed by atoms with Gasteiger partial charge in [0.15, 0.2) is 11.2 Å². The lowest BCUT2D eigenvalue weighted by molar-refractivity contribution is 0.0535. The van der Waals surface area contributed by atoms with Gasteiger partial charge in [-0.05, 0) is 36.8 Å². The highest BCUT2D eigenvalue weighted by molar-refractivity contribution is 5.94. The Morgan fingerprint density at radius 1 is 1.19 bits per heavy atom. The summed E-state index contributed by atoms with van der Waals surface area (Å²) in [5.41, 5.74) is 5.43. The second-order valence-electron chi connectivity index (χ2n) is 6.26. The molecule has 8 heteroatoms. The van der Waals surface area contributed by atoms with Crippen LogP contribution in [0.25, 0.3) is 16.9 Å². The number of fused-ring (bicyclic) bond motifs is 2. The Hall–Kier alpha value is -3.81. The summed E-state index contributed by atoms with van der Waals surface area (Å²) in [7, 11) is 0. The number of cyclic esters (lactones) is 1. The summed E-state index contributed by atoms with van der Waals surface area (Å²) < 4.78 is 6.73. The molecule has 0 saturated heterocycles. The standard InChI is InChI=1S/C19H14N6O2/c1-11-4-2-3-5-16(11)25-17-15(23-24-25)9-20-19(22-17)21-13-6-7-14-12(8-13)10-27-18(14)26/h2-9H,10H2,1H3,(H,20,21,22). The quantitative estimate of drug-likeness (QED) is 0.563. The van der Waals surface area contributed by atoms with Crippen molar-refractivity contribution in [2.24, 2.45) is 0 Å². The van der Waals surface area contributed by atoms with Crippen molar-refractivity contribution in [3.63, 3.8) is 0 Å². The van der Waals surface area contributed by atoms with E-state index in [1.54, 1.807) is 23.0 Å². The Bertz CT molecular complexity index is 1200. The van der Waals surface area contributed by atoms with Gasteiger partial charge in [-0.1, -0.05) is 23.4 Å². The first-order chi connectivity index (χ1) is 13.2. The number of carbonyl (C=O) groups excluding carboxylic acids is 1. The van der Waals surface area contributed by atoms with E-state index in [0.29, 0.717) is 22.7 Å². The monoisotopic (exact) mass is 358 g/mol. The molecule has 0 saturated carbocycles. The molecule has 8 nitrogen and oxygen atoms in total. The fourth-order valence-electron chi connectivity index (χ4n) is 3.09. The minimum Gasteiger partial charge on any atom is -0.457 e. The molecule has 1 N–H and O–H groups in total. The highest BCUT2D eigenvalue weighted by Crippen LogP contribution is 2.25. The fourth-order valence-corrected chi connectivity index (χ4v) is 3.09. The van der Waals surface area contributed by atoms with Crippen LogP contribution in [0.15, 0.2) is 48.7 Å². The van der Waals surface area contributed by atoms with Gasteiger partial charge in [0.25, 0.3) is 0 Å². The molecular weight excluding hydrogens is 344 g/mol. The van der Waals surface area contributed by atoms with Crippen molar-refractivity contribution in [3.05, 3.63) is 65.4 Å². The van der Waals surface area contributed by atoms with Crippen molar-refractivity contribution < 1.29 is 9.53 Å². The number of carbonyl (C=O) groups is 1. The summed E-state index contributed by atoms with van der Waals surface area (Å²) in [5, 5.41) is 11.5. The molecule has 5 rings (SSSR count). The lowest BCUT2D eigenvalue weighted by atomic mass is 10.1. The first kappa shape index (κ1) is 15.4. The third kappa shape index (κ3) is 2.58. The van der Waals surface area contributed by atoms with Crippen LogP contribution in [0, 0.1) is 6.92 Å². The van der Waals surface area contributed by atoms with E-state index in [1.165, 1.54) is 0 Å². The van der Waals surface area contributed by atoms with Gasteiger partial charge in [0.05, 0.1) is 17.4 Å². The highest BCUT2D eigenvalue weighted by atomic mass is 16.5. The van der Waals surface area contributed by atoms with E-state index in [1.807, 2.05) is 37.3 Å². The van der Waals surface area contributed by atoms with Crippen LogP contribution in [0.5, 0.6) is 0 Å². The van der Waals surface area contributed by atoms with Crippen LogP contribution in [-0.4, -0.2) is 30.9 Å². The van der Waals surface area contributed by atoms with Crippen LogP contribution in [-0.2, 0) is 11.3 Å². The average Bonchev–Trinajstić information content (AvgIpc) is 3.26. The van der Waals surface area contributed by atoms with Gasteiger partial charge in [-0.2, -0.15) is 9.67 Å². The molecule has 0 bridgehead atoms. The first-order valence-electron chi connectivity index (χ1n) is 8.40. The largest absolute Gasteiger partial charge is 0.457 e.